The van der Waals surface area contributed by atoms with Gasteiger partial charge in [-0.2, -0.15) is 0 Å². The van der Waals surface area contributed by atoms with Crippen LogP contribution in [0.3, 0.4) is 0 Å². The predicted octanol–water partition coefficient (Wildman–Crippen LogP) is -0.302. The average molecular weight is 145 g/mol. The fourth-order valence-corrected chi connectivity index (χ4v) is 1.41. The van der Waals surface area contributed by atoms with Crippen molar-refractivity contribution >= 4 is 0 Å². The summed E-state index contributed by atoms with van der Waals surface area (Å²) in [4.78, 5) is 2.13. The number of likely N-dealkylation sites (tertiary alicyclic amines) is 1. The van der Waals surface area contributed by atoms with Crippen LogP contribution in [0.2, 0.25) is 0 Å². The molecule has 0 aromatic carbocycles. The fraction of sp³-hybridized carbons (Fsp3) is 1.00. The van der Waals surface area contributed by atoms with Gasteiger partial charge in [0.25, 0.3) is 0 Å². The van der Waals surface area contributed by atoms with E-state index in [1.54, 1.807) is 7.11 Å². The monoisotopic (exact) mass is 145 g/mol. The maximum Gasteiger partial charge on any atom is 0.0714 e. The maximum absolute atomic E-state index is 8.85. The van der Waals surface area contributed by atoms with Crippen molar-refractivity contribution in [3.63, 3.8) is 0 Å². The van der Waals surface area contributed by atoms with Crippen LogP contribution >= 0.6 is 0 Å². The predicted molar refractivity (Wildman–Crippen MR) is 38.9 cm³/mol. The molecule has 0 aromatic heterocycles. The van der Waals surface area contributed by atoms with Crippen molar-refractivity contribution in [2.45, 2.75) is 18.6 Å². The van der Waals surface area contributed by atoms with E-state index < -0.39 is 0 Å². The van der Waals surface area contributed by atoms with Crippen LogP contribution in [0.1, 0.15) is 6.42 Å². The minimum Gasteiger partial charge on any atom is -0.395 e. The van der Waals surface area contributed by atoms with Crippen molar-refractivity contribution in [1.29, 1.82) is 0 Å². The van der Waals surface area contributed by atoms with Gasteiger partial charge >= 0.3 is 0 Å². The molecule has 0 unspecified atom stereocenters. The van der Waals surface area contributed by atoms with E-state index >= 15 is 0 Å². The van der Waals surface area contributed by atoms with Crippen molar-refractivity contribution in [2.75, 3.05) is 27.3 Å². The summed E-state index contributed by atoms with van der Waals surface area (Å²) in [5, 5.41) is 8.85. The topological polar surface area (TPSA) is 32.7 Å². The molecule has 1 saturated heterocycles. The third kappa shape index (κ3) is 1.48. The van der Waals surface area contributed by atoms with E-state index in [4.69, 9.17) is 9.84 Å². The molecule has 0 aliphatic carbocycles. The van der Waals surface area contributed by atoms with Crippen molar-refractivity contribution in [3.8, 4) is 0 Å². The Morgan fingerprint density at radius 3 is 2.70 bits per heavy atom. The van der Waals surface area contributed by atoms with Crippen LogP contribution in [-0.4, -0.2) is 49.5 Å². The molecule has 0 aromatic rings. The molecular weight excluding hydrogens is 130 g/mol. The lowest BCUT2D eigenvalue weighted by molar-refractivity contribution is 0.111. The number of rotatable bonds is 2. The SMILES string of the molecule is CO[C@H]1C[C@@H](CO)N(C)C1. The first-order chi connectivity index (χ1) is 4.77. The van der Waals surface area contributed by atoms with E-state index in [1.807, 2.05) is 7.05 Å². The molecule has 10 heavy (non-hydrogen) atoms. The van der Waals surface area contributed by atoms with Gasteiger partial charge in [-0.15, -0.1) is 0 Å². The Balaban J connectivity index is 2.36. The number of hydrogen-bond acceptors (Lipinski definition) is 3. The van der Waals surface area contributed by atoms with Gasteiger partial charge in [-0.1, -0.05) is 0 Å². The second kappa shape index (κ2) is 3.32. The van der Waals surface area contributed by atoms with Gasteiger partial charge in [0.2, 0.25) is 0 Å². The second-order valence-electron chi connectivity index (χ2n) is 2.87. The van der Waals surface area contributed by atoms with E-state index in [0.29, 0.717) is 12.1 Å². The molecule has 1 fully saturated rings. The summed E-state index contributed by atoms with van der Waals surface area (Å²) in [7, 11) is 3.73. The lowest BCUT2D eigenvalue weighted by atomic mass is 10.2. The van der Waals surface area contributed by atoms with Gasteiger partial charge < -0.3 is 9.84 Å². The smallest absolute Gasteiger partial charge is 0.0714 e. The molecule has 1 N–H and O–H groups in total. The molecule has 0 spiro atoms. The van der Waals surface area contributed by atoms with Gasteiger partial charge in [0.15, 0.2) is 0 Å². The quantitative estimate of drug-likeness (QED) is 0.579. The van der Waals surface area contributed by atoms with Crippen LogP contribution in [0.5, 0.6) is 0 Å². The highest BCUT2D eigenvalue weighted by atomic mass is 16.5. The first kappa shape index (κ1) is 7.98. The maximum atomic E-state index is 8.85. The van der Waals surface area contributed by atoms with Gasteiger partial charge in [0, 0.05) is 19.7 Å². The summed E-state index contributed by atoms with van der Waals surface area (Å²) < 4.78 is 5.16. The van der Waals surface area contributed by atoms with Crippen LogP contribution in [0.15, 0.2) is 0 Å². The molecule has 1 aliphatic rings. The largest absolute Gasteiger partial charge is 0.395 e. The molecule has 0 amide bonds. The summed E-state index contributed by atoms with van der Waals surface area (Å²) >= 11 is 0. The summed E-state index contributed by atoms with van der Waals surface area (Å²) in [5.41, 5.74) is 0. The number of ether oxygens (including phenoxy) is 1. The number of aliphatic hydroxyl groups excluding tert-OH is 1. The van der Waals surface area contributed by atoms with E-state index in [-0.39, 0.29) is 6.61 Å². The normalized spacial score (nSPS) is 35.1. The van der Waals surface area contributed by atoms with Crippen LogP contribution in [0.25, 0.3) is 0 Å². The lowest BCUT2D eigenvalue weighted by Crippen LogP contribution is -2.28. The minimum absolute atomic E-state index is 0.246. The summed E-state index contributed by atoms with van der Waals surface area (Å²) in [6.07, 6.45) is 1.28. The Labute approximate surface area is 61.6 Å². The Morgan fingerprint density at radius 1 is 1.70 bits per heavy atom. The summed E-state index contributed by atoms with van der Waals surface area (Å²) in [6, 6.07) is 0.310. The van der Waals surface area contributed by atoms with Gasteiger partial charge in [-0.05, 0) is 13.5 Å². The van der Waals surface area contributed by atoms with Crippen LogP contribution in [0.4, 0.5) is 0 Å². The first-order valence-corrected chi connectivity index (χ1v) is 3.61. The Hall–Kier alpha value is -0.120. The Kier molecular flexibility index (Phi) is 2.65. The number of nitrogens with zero attached hydrogens (tertiary/aromatic N) is 1. The minimum atomic E-state index is 0.246. The molecule has 1 rings (SSSR count). The Morgan fingerprint density at radius 2 is 2.40 bits per heavy atom. The van der Waals surface area contributed by atoms with E-state index in [0.717, 1.165) is 13.0 Å². The van der Waals surface area contributed by atoms with Gasteiger partial charge in [-0.3, -0.25) is 4.90 Å². The highest BCUT2D eigenvalue weighted by Crippen LogP contribution is 2.16. The lowest BCUT2D eigenvalue weighted by Gasteiger charge is -2.14. The molecule has 0 radical (unpaired) electrons. The molecule has 3 nitrogen and oxygen atoms in total. The van der Waals surface area contributed by atoms with Crippen molar-refractivity contribution < 1.29 is 9.84 Å². The van der Waals surface area contributed by atoms with Crippen molar-refractivity contribution in [3.05, 3.63) is 0 Å². The highest BCUT2D eigenvalue weighted by molar-refractivity contribution is 4.82. The van der Waals surface area contributed by atoms with Crippen LogP contribution < -0.4 is 0 Å². The third-order valence-corrected chi connectivity index (χ3v) is 2.19. The zero-order valence-corrected chi connectivity index (χ0v) is 6.58. The zero-order valence-electron chi connectivity index (χ0n) is 6.58. The number of methoxy groups -OCH3 is 1. The third-order valence-electron chi connectivity index (χ3n) is 2.19. The summed E-state index contributed by atoms with van der Waals surface area (Å²) in [6.45, 7) is 1.19. The molecule has 1 aliphatic heterocycles. The molecular formula is C7H15NO2. The number of likely N-dealkylation sites (N-methyl/N-ethyl adjacent to an activating group) is 1. The standard InChI is InChI=1S/C7H15NO2/c1-8-4-7(10-2)3-6(8)5-9/h6-7,9H,3-5H2,1-2H3/t6-,7-/m0/s1. The number of hydrogen-bond donors (Lipinski definition) is 1. The van der Waals surface area contributed by atoms with E-state index in [9.17, 15) is 0 Å². The second-order valence-corrected chi connectivity index (χ2v) is 2.87. The van der Waals surface area contributed by atoms with E-state index in [2.05, 4.69) is 4.90 Å². The van der Waals surface area contributed by atoms with Gasteiger partial charge in [0.1, 0.15) is 0 Å². The number of aliphatic hydroxyl groups is 1. The van der Waals surface area contributed by atoms with Crippen LogP contribution in [0, 0.1) is 0 Å². The van der Waals surface area contributed by atoms with Gasteiger partial charge in [-0.25, -0.2) is 0 Å². The Bertz CT molecular complexity index is 108. The summed E-state index contributed by atoms with van der Waals surface area (Å²) in [5.74, 6) is 0. The zero-order chi connectivity index (χ0) is 7.56. The molecule has 3 heteroatoms. The van der Waals surface area contributed by atoms with E-state index in [1.165, 1.54) is 0 Å². The highest BCUT2D eigenvalue weighted by Gasteiger charge is 2.28. The van der Waals surface area contributed by atoms with Crippen molar-refractivity contribution in [2.24, 2.45) is 0 Å². The molecule has 60 valence electrons. The van der Waals surface area contributed by atoms with Crippen molar-refractivity contribution in [1.82, 2.24) is 4.90 Å². The molecule has 0 bridgehead atoms. The van der Waals surface area contributed by atoms with Gasteiger partial charge in [0.05, 0.1) is 12.7 Å². The average Bonchev–Trinajstić information content (AvgIpc) is 2.30. The molecule has 2 atom stereocenters. The first-order valence-electron chi connectivity index (χ1n) is 3.61. The molecule has 0 saturated carbocycles. The molecule has 1 heterocycles. The fourth-order valence-electron chi connectivity index (χ4n) is 1.41. The van der Waals surface area contributed by atoms with Crippen LogP contribution in [-0.2, 0) is 4.74 Å².